The maximum atomic E-state index is 12.5. The summed E-state index contributed by atoms with van der Waals surface area (Å²) in [5, 5.41) is 18.3. The number of epoxide rings is 1. The summed E-state index contributed by atoms with van der Waals surface area (Å²) >= 11 is 0. The zero-order chi connectivity index (χ0) is 27.2. The molecule has 3 rings (SSSR count). The summed E-state index contributed by atoms with van der Waals surface area (Å²) in [4.78, 5) is 23.8. The van der Waals surface area contributed by atoms with Crippen LogP contribution >= 0.6 is 0 Å². The summed E-state index contributed by atoms with van der Waals surface area (Å²) in [6.45, 7) is 8.21. The van der Waals surface area contributed by atoms with Crippen molar-refractivity contribution < 1.29 is 77.1 Å². The van der Waals surface area contributed by atoms with Gasteiger partial charge in [-0.2, -0.15) is 13.7 Å². The number of allylic oxidation sites excluding steroid dienone is 1. The van der Waals surface area contributed by atoms with Gasteiger partial charge in [0.2, 0.25) is 0 Å². The number of likely N-dealkylation sites (tertiary alicyclic amines) is 1. The number of carbonyl (C=O) groups excluding carboxylic acids is 1. The maximum Gasteiger partial charge on any atom is 1.00 e. The minimum Gasteiger partial charge on any atom is -0.544 e. The number of hydrogen-bond acceptors (Lipinski definition) is 6. The number of aliphatic carboxylic acids is 1. The van der Waals surface area contributed by atoms with Gasteiger partial charge in [0.25, 0.3) is 5.92 Å². The molecule has 0 spiro atoms. The summed E-state index contributed by atoms with van der Waals surface area (Å²) < 4.78 is 46.2. The van der Waals surface area contributed by atoms with Crippen LogP contribution in [-0.2, 0) is 19.2 Å². The van der Waals surface area contributed by atoms with Gasteiger partial charge < -0.3 is 29.4 Å². The van der Waals surface area contributed by atoms with Gasteiger partial charge in [-0.1, -0.05) is 38.3 Å². The maximum absolute atomic E-state index is 12.5. The molecule has 12 heteroatoms. The van der Waals surface area contributed by atoms with Gasteiger partial charge in [0.1, 0.15) is 5.97 Å². The van der Waals surface area contributed by atoms with Crippen LogP contribution in [0.1, 0.15) is 66.2 Å². The second-order valence-electron chi connectivity index (χ2n) is 8.78. The molecule has 2 aliphatic heterocycles. The fraction of sp³-hybridized carbons (Fsp3) is 0.833. The number of carboxylic acids is 1. The topological polar surface area (TPSA) is 112 Å². The van der Waals surface area contributed by atoms with Gasteiger partial charge in [-0.15, -0.1) is 0 Å². The predicted molar refractivity (Wildman–Crippen MR) is 123 cm³/mol. The molecule has 0 bridgehead atoms. The smallest absolute Gasteiger partial charge is 0.544 e. The molecule has 1 amide bonds. The molecule has 3 fully saturated rings. The first-order chi connectivity index (χ1) is 16.5. The van der Waals surface area contributed by atoms with Crippen LogP contribution in [0.4, 0.5) is 18.1 Å². The molecular weight excluding hydrogens is 494 g/mol. The molecule has 4 atom stereocenters. The summed E-state index contributed by atoms with van der Waals surface area (Å²) in [5.41, 5.74) is 1.39. The van der Waals surface area contributed by atoms with Crippen LogP contribution in [0.25, 0.3) is 0 Å². The van der Waals surface area contributed by atoms with E-state index in [1.54, 1.807) is 0 Å². The molecule has 0 aromatic carbocycles. The second-order valence-corrected chi connectivity index (χ2v) is 8.78. The molecule has 1 aliphatic carbocycles. The first-order valence-corrected chi connectivity index (χ1v) is 12.0. The first-order valence-electron chi connectivity index (χ1n) is 12.0. The van der Waals surface area contributed by atoms with Crippen LogP contribution in [0.2, 0.25) is 0 Å². The summed E-state index contributed by atoms with van der Waals surface area (Å²) in [6.07, 6.45) is 7.88. The SMILES string of the molecule is CC.COC1CCCCC1C1O[C@@H]1CC=C(C)C.COF.O=C(O)N1CC(CC(F)(F)C(=O)[O-])C1.[Na+]. The Morgan fingerprint density at radius 1 is 1.17 bits per heavy atom. The number of amides is 1. The largest absolute Gasteiger partial charge is 1.00 e. The van der Waals surface area contributed by atoms with E-state index in [0.29, 0.717) is 24.2 Å². The van der Waals surface area contributed by atoms with Crippen molar-refractivity contribution in [2.24, 2.45) is 11.8 Å². The van der Waals surface area contributed by atoms with Gasteiger partial charge >= 0.3 is 35.7 Å². The Hall–Kier alpha value is -0.850. The summed E-state index contributed by atoms with van der Waals surface area (Å²) in [7, 11) is 2.80. The normalized spacial score (nSPS) is 24.5. The van der Waals surface area contributed by atoms with Gasteiger partial charge in [-0.05, 0) is 37.6 Å². The minimum atomic E-state index is -3.87. The predicted octanol–water partition coefficient (Wildman–Crippen LogP) is 1.23. The van der Waals surface area contributed by atoms with Crippen molar-refractivity contribution in [3.8, 4) is 0 Å². The van der Waals surface area contributed by atoms with Crippen LogP contribution < -0.4 is 34.7 Å². The quantitative estimate of drug-likeness (QED) is 0.297. The fourth-order valence-corrected chi connectivity index (χ4v) is 4.17. The van der Waals surface area contributed by atoms with Crippen LogP contribution in [0, 0.1) is 11.8 Å². The van der Waals surface area contributed by atoms with Crippen molar-refractivity contribution in [1.29, 1.82) is 0 Å². The zero-order valence-corrected chi connectivity index (χ0v) is 24.6. The molecule has 2 heterocycles. The van der Waals surface area contributed by atoms with E-state index in [9.17, 15) is 28.0 Å². The molecule has 8 nitrogen and oxygen atoms in total. The third-order valence-corrected chi connectivity index (χ3v) is 5.93. The van der Waals surface area contributed by atoms with Crippen molar-refractivity contribution in [3.63, 3.8) is 0 Å². The van der Waals surface area contributed by atoms with Crippen molar-refractivity contribution in [3.05, 3.63) is 11.6 Å². The molecule has 1 N–H and O–H groups in total. The Morgan fingerprint density at radius 2 is 1.69 bits per heavy atom. The minimum absolute atomic E-state index is 0. The van der Waals surface area contributed by atoms with Crippen molar-refractivity contribution in [2.45, 2.75) is 90.5 Å². The van der Waals surface area contributed by atoms with Crippen molar-refractivity contribution in [2.75, 3.05) is 27.3 Å². The number of nitrogens with zero attached hydrogens (tertiary/aromatic N) is 1. The van der Waals surface area contributed by atoms with Gasteiger partial charge in [-0.3, -0.25) is 0 Å². The van der Waals surface area contributed by atoms with E-state index in [-0.39, 0.29) is 42.6 Å². The molecule has 3 unspecified atom stereocenters. The summed E-state index contributed by atoms with van der Waals surface area (Å²) in [6, 6.07) is 0. The molecule has 0 aromatic rings. The van der Waals surface area contributed by atoms with Crippen LogP contribution in [0.15, 0.2) is 11.6 Å². The molecule has 0 radical (unpaired) electrons. The first kappa shape index (κ1) is 37.3. The number of carbonyl (C=O) groups is 2. The van der Waals surface area contributed by atoms with E-state index >= 15 is 0 Å². The molecule has 36 heavy (non-hydrogen) atoms. The Labute approximate surface area is 234 Å². The zero-order valence-electron chi connectivity index (χ0n) is 22.6. The van der Waals surface area contributed by atoms with Gasteiger partial charge in [0.15, 0.2) is 0 Å². The molecule has 0 aromatic heterocycles. The fourth-order valence-electron chi connectivity index (χ4n) is 4.17. The number of halogens is 3. The van der Waals surface area contributed by atoms with Crippen LogP contribution in [0.3, 0.4) is 0 Å². The Kier molecular flexibility index (Phi) is 19.9. The number of hydrogen-bond donors (Lipinski definition) is 1. The van der Waals surface area contributed by atoms with E-state index in [0.717, 1.165) is 18.4 Å². The van der Waals surface area contributed by atoms with Gasteiger partial charge in [0.05, 0.1) is 25.4 Å². The Balaban J connectivity index is 0. The van der Waals surface area contributed by atoms with E-state index in [2.05, 4.69) is 24.9 Å². The van der Waals surface area contributed by atoms with E-state index in [1.165, 1.54) is 31.3 Å². The number of carboxylic acid groups (broad SMARTS) is 2. The Morgan fingerprint density at radius 3 is 2.14 bits per heavy atom. The number of alkyl halides is 2. The van der Waals surface area contributed by atoms with E-state index in [4.69, 9.17) is 14.6 Å². The molecular formula is C24H41F3NNaO7. The average Bonchev–Trinajstić information content (AvgIpc) is 3.56. The Bertz CT molecular complexity index is 660. The number of ether oxygens (including phenoxy) is 2. The third kappa shape index (κ3) is 13.6. The van der Waals surface area contributed by atoms with Crippen LogP contribution in [-0.4, -0.2) is 73.6 Å². The van der Waals surface area contributed by atoms with Gasteiger partial charge in [-0.25, -0.2) is 4.79 Å². The molecule has 206 valence electrons. The number of rotatable bonds is 7. The van der Waals surface area contributed by atoms with E-state index < -0.39 is 30.3 Å². The third-order valence-electron chi connectivity index (χ3n) is 5.93. The monoisotopic (exact) mass is 535 g/mol. The van der Waals surface area contributed by atoms with Gasteiger partial charge in [0, 0.05) is 38.5 Å². The second kappa shape index (κ2) is 19.3. The van der Waals surface area contributed by atoms with Crippen molar-refractivity contribution in [1.82, 2.24) is 4.90 Å². The standard InChI is InChI=1S/C14H24O2.C7H9F2NO4.C2H6.CH3FO.Na/c1-10(2)8-9-13-14(16-13)11-6-4-5-7-12(11)15-3;8-7(9,5(11)12)1-4-2-10(3-4)6(13)14;1-2;1-3-2;/h8,11-14H,4-7,9H2,1-3H3;4H,1-3H2,(H,11,12)(H,13,14);1-2H3;1H3;/q;;;;+1/p-1/t11?,12?,13-,14?;;;;/m1..../s1. The van der Waals surface area contributed by atoms with Crippen LogP contribution in [0.5, 0.6) is 0 Å². The summed E-state index contributed by atoms with van der Waals surface area (Å²) in [5.74, 6) is -6.23. The molecule has 3 aliphatic rings. The average molecular weight is 536 g/mol. The molecule has 2 saturated heterocycles. The van der Waals surface area contributed by atoms with Crippen molar-refractivity contribution >= 4 is 12.1 Å². The van der Waals surface area contributed by atoms with E-state index in [1.807, 2.05) is 21.0 Å². The number of methoxy groups -OCH3 is 1. The molecule has 1 saturated carbocycles.